The molecular weight excluding hydrogens is 332 g/mol. The summed E-state index contributed by atoms with van der Waals surface area (Å²) in [4.78, 5) is 11.1. The molecule has 0 aromatic heterocycles. The zero-order valence-corrected chi connectivity index (χ0v) is 13.3. The molecule has 19 heavy (non-hydrogen) atoms. The SMILES string of the molecule is CCOC(=O)CCCCCOc1ccc(Br)cc1Cl. The van der Waals surface area contributed by atoms with E-state index >= 15 is 0 Å². The van der Waals surface area contributed by atoms with Crippen molar-refractivity contribution in [2.24, 2.45) is 0 Å². The molecule has 0 aliphatic heterocycles. The summed E-state index contributed by atoms with van der Waals surface area (Å²) in [5.74, 6) is 0.564. The molecule has 0 N–H and O–H groups in total. The van der Waals surface area contributed by atoms with Crippen molar-refractivity contribution in [2.75, 3.05) is 13.2 Å². The molecule has 0 saturated heterocycles. The van der Waals surface area contributed by atoms with Crippen molar-refractivity contribution >= 4 is 33.5 Å². The highest BCUT2D eigenvalue weighted by atomic mass is 79.9. The van der Waals surface area contributed by atoms with Gasteiger partial charge in [0.25, 0.3) is 0 Å². The van der Waals surface area contributed by atoms with Crippen LogP contribution < -0.4 is 4.74 Å². The standard InChI is InChI=1S/C14H18BrClO3/c1-2-18-14(17)6-4-3-5-9-19-13-8-7-11(15)10-12(13)16/h7-8,10H,2-6,9H2,1H3. The van der Waals surface area contributed by atoms with Gasteiger partial charge >= 0.3 is 5.97 Å². The van der Waals surface area contributed by atoms with Gasteiger partial charge in [-0.05, 0) is 44.4 Å². The first-order valence-corrected chi connectivity index (χ1v) is 7.54. The molecule has 0 bridgehead atoms. The van der Waals surface area contributed by atoms with Crippen molar-refractivity contribution in [2.45, 2.75) is 32.6 Å². The molecule has 106 valence electrons. The third-order valence-electron chi connectivity index (χ3n) is 2.48. The van der Waals surface area contributed by atoms with Crippen LogP contribution in [-0.4, -0.2) is 19.2 Å². The maximum atomic E-state index is 11.1. The van der Waals surface area contributed by atoms with Crippen LogP contribution in [0.1, 0.15) is 32.6 Å². The van der Waals surface area contributed by atoms with Crippen LogP contribution in [0.2, 0.25) is 5.02 Å². The Balaban J connectivity index is 2.12. The molecule has 5 heteroatoms. The van der Waals surface area contributed by atoms with Gasteiger partial charge in [0.05, 0.1) is 18.2 Å². The summed E-state index contributed by atoms with van der Waals surface area (Å²) in [6.45, 7) is 2.86. The van der Waals surface area contributed by atoms with Crippen LogP contribution in [0.15, 0.2) is 22.7 Å². The Labute approximate surface area is 127 Å². The highest BCUT2D eigenvalue weighted by Crippen LogP contribution is 2.27. The first kappa shape index (κ1) is 16.3. The Hall–Kier alpha value is -0.740. The second kappa shape index (κ2) is 9.21. The molecule has 0 unspecified atom stereocenters. The van der Waals surface area contributed by atoms with Gasteiger partial charge in [-0.1, -0.05) is 27.5 Å². The van der Waals surface area contributed by atoms with Gasteiger partial charge in [-0.15, -0.1) is 0 Å². The van der Waals surface area contributed by atoms with E-state index in [9.17, 15) is 4.79 Å². The number of esters is 1. The van der Waals surface area contributed by atoms with Crippen LogP contribution in [0, 0.1) is 0 Å². The molecule has 0 saturated carbocycles. The summed E-state index contributed by atoms with van der Waals surface area (Å²) in [6, 6.07) is 5.53. The summed E-state index contributed by atoms with van der Waals surface area (Å²) >= 11 is 9.37. The quantitative estimate of drug-likeness (QED) is 0.508. The molecule has 1 rings (SSSR count). The summed E-state index contributed by atoms with van der Waals surface area (Å²) < 4.78 is 11.4. The Kier molecular flexibility index (Phi) is 7.91. The van der Waals surface area contributed by atoms with Crippen molar-refractivity contribution in [1.29, 1.82) is 0 Å². The molecule has 0 radical (unpaired) electrons. The van der Waals surface area contributed by atoms with Crippen LogP contribution in [-0.2, 0) is 9.53 Å². The van der Waals surface area contributed by atoms with E-state index < -0.39 is 0 Å². The van der Waals surface area contributed by atoms with Crippen molar-refractivity contribution in [3.05, 3.63) is 27.7 Å². The molecule has 0 aliphatic rings. The fourth-order valence-electron chi connectivity index (χ4n) is 1.56. The normalized spacial score (nSPS) is 10.3. The van der Waals surface area contributed by atoms with Gasteiger partial charge in [0, 0.05) is 10.9 Å². The number of unbranched alkanes of at least 4 members (excludes halogenated alkanes) is 2. The van der Waals surface area contributed by atoms with Gasteiger partial charge in [-0.25, -0.2) is 0 Å². The van der Waals surface area contributed by atoms with Gasteiger partial charge in [0.2, 0.25) is 0 Å². The first-order chi connectivity index (χ1) is 9.13. The van der Waals surface area contributed by atoms with E-state index in [4.69, 9.17) is 21.1 Å². The molecule has 0 amide bonds. The van der Waals surface area contributed by atoms with E-state index in [1.807, 2.05) is 19.1 Å². The lowest BCUT2D eigenvalue weighted by atomic mass is 10.2. The lowest BCUT2D eigenvalue weighted by Crippen LogP contribution is -2.04. The van der Waals surface area contributed by atoms with E-state index in [0.717, 1.165) is 23.7 Å². The minimum absolute atomic E-state index is 0.126. The van der Waals surface area contributed by atoms with E-state index in [2.05, 4.69) is 15.9 Å². The van der Waals surface area contributed by atoms with Crippen molar-refractivity contribution < 1.29 is 14.3 Å². The van der Waals surface area contributed by atoms with Gasteiger partial charge in [0.15, 0.2) is 0 Å². The number of halogens is 2. The minimum atomic E-state index is -0.126. The molecule has 3 nitrogen and oxygen atoms in total. The largest absolute Gasteiger partial charge is 0.492 e. The van der Waals surface area contributed by atoms with E-state index in [1.54, 1.807) is 6.07 Å². The highest BCUT2D eigenvalue weighted by Gasteiger charge is 2.03. The van der Waals surface area contributed by atoms with Crippen LogP contribution >= 0.6 is 27.5 Å². The summed E-state index contributed by atoms with van der Waals surface area (Å²) in [6.07, 6.45) is 3.14. The number of carbonyl (C=O) groups is 1. The Morgan fingerprint density at radius 2 is 2.11 bits per heavy atom. The topological polar surface area (TPSA) is 35.5 Å². The maximum absolute atomic E-state index is 11.1. The maximum Gasteiger partial charge on any atom is 0.305 e. The molecule has 0 spiro atoms. The average molecular weight is 350 g/mol. The number of rotatable bonds is 8. The number of hydrogen-bond donors (Lipinski definition) is 0. The lowest BCUT2D eigenvalue weighted by molar-refractivity contribution is -0.143. The van der Waals surface area contributed by atoms with E-state index in [0.29, 0.717) is 30.4 Å². The Bertz CT molecular complexity index is 410. The molecule has 0 aliphatic carbocycles. The number of hydrogen-bond acceptors (Lipinski definition) is 3. The Morgan fingerprint density at radius 1 is 1.32 bits per heavy atom. The van der Waals surface area contributed by atoms with E-state index in [-0.39, 0.29) is 5.97 Å². The van der Waals surface area contributed by atoms with Crippen LogP contribution in [0.3, 0.4) is 0 Å². The third-order valence-corrected chi connectivity index (χ3v) is 3.27. The van der Waals surface area contributed by atoms with Gasteiger partial charge in [-0.3, -0.25) is 4.79 Å². The highest BCUT2D eigenvalue weighted by molar-refractivity contribution is 9.10. The smallest absolute Gasteiger partial charge is 0.305 e. The van der Waals surface area contributed by atoms with Gasteiger partial charge < -0.3 is 9.47 Å². The Morgan fingerprint density at radius 3 is 2.79 bits per heavy atom. The zero-order chi connectivity index (χ0) is 14.1. The number of ether oxygens (including phenoxy) is 2. The van der Waals surface area contributed by atoms with Gasteiger partial charge in [-0.2, -0.15) is 0 Å². The molecule has 1 aromatic rings. The summed E-state index contributed by atoms with van der Waals surface area (Å²) in [5, 5.41) is 0.598. The summed E-state index contributed by atoms with van der Waals surface area (Å²) in [5.41, 5.74) is 0. The van der Waals surface area contributed by atoms with Crippen molar-refractivity contribution in [3.8, 4) is 5.75 Å². The van der Waals surface area contributed by atoms with Crippen LogP contribution in [0.4, 0.5) is 0 Å². The van der Waals surface area contributed by atoms with Gasteiger partial charge in [0.1, 0.15) is 5.75 Å². The monoisotopic (exact) mass is 348 g/mol. The first-order valence-electron chi connectivity index (χ1n) is 6.37. The van der Waals surface area contributed by atoms with Crippen LogP contribution in [0.25, 0.3) is 0 Å². The average Bonchev–Trinajstić information content (AvgIpc) is 2.36. The fraction of sp³-hybridized carbons (Fsp3) is 0.500. The lowest BCUT2D eigenvalue weighted by Gasteiger charge is -2.08. The van der Waals surface area contributed by atoms with Crippen molar-refractivity contribution in [3.63, 3.8) is 0 Å². The second-order valence-electron chi connectivity index (χ2n) is 4.04. The fourth-order valence-corrected chi connectivity index (χ4v) is 2.28. The molecule has 0 atom stereocenters. The predicted molar refractivity (Wildman–Crippen MR) is 79.7 cm³/mol. The molecule has 1 aromatic carbocycles. The van der Waals surface area contributed by atoms with Crippen LogP contribution in [0.5, 0.6) is 5.75 Å². The van der Waals surface area contributed by atoms with Crippen molar-refractivity contribution in [1.82, 2.24) is 0 Å². The third kappa shape index (κ3) is 6.83. The molecule has 0 fully saturated rings. The number of carbonyl (C=O) groups excluding carboxylic acids is 1. The summed E-state index contributed by atoms with van der Waals surface area (Å²) in [7, 11) is 0. The number of benzene rings is 1. The second-order valence-corrected chi connectivity index (χ2v) is 5.36. The van der Waals surface area contributed by atoms with E-state index in [1.165, 1.54) is 0 Å². The predicted octanol–water partition coefficient (Wildman–Crippen LogP) is 4.60. The molecule has 0 heterocycles. The minimum Gasteiger partial charge on any atom is -0.492 e. The zero-order valence-electron chi connectivity index (χ0n) is 11.0. The molecular formula is C14H18BrClO3.